The van der Waals surface area contributed by atoms with E-state index in [0.29, 0.717) is 15.6 Å². The van der Waals surface area contributed by atoms with Gasteiger partial charge in [0.1, 0.15) is 0 Å². The maximum absolute atomic E-state index is 11.2. The second-order valence-electron chi connectivity index (χ2n) is 4.54. The zero-order valence-corrected chi connectivity index (χ0v) is 12.2. The van der Waals surface area contributed by atoms with Crippen molar-refractivity contribution in [3.8, 4) is 11.4 Å². The quantitative estimate of drug-likeness (QED) is 0.329. The Hall–Kier alpha value is -3.31. The van der Waals surface area contributed by atoms with E-state index in [2.05, 4.69) is 15.0 Å². The van der Waals surface area contributed by atoms with Crippen molar-refractivity contribution in [3.63, 3.8) is 0 Å². The Morgan fingerprint density at radius 1 is 0.870 bits per heavy atom. The number of primary amides is 2. The summed E-state index contributed by atoms with van der Waals surface area (Å²) in [4.78, 5) is 34.3. The SMILES string of the molecule is Cc1ccc(-c2nc(N(N)C(N)=O)nc(N(N)C(N)=O)n2)cc1. The maximum Gasteiger partial charge on any atom is 0.336 e. The molecule has 4 amide bonds. The third kappa shape index (κ3) is 3.48. The molecule has 0 aliphatic carbocycles. The van der Waals surface area contributed by atoms with Crippen LogP contribution < -0.4 is 33.2 Å². The Balaban J connectivity index is 2.59. The molecule has 0 saturated heterocycles. The van der Waals surface area contributed by atoms with Crippen LogP contribution in [0.25, 0.3) is 11.4 Å². The second kappa shape index (κ2) is 6.21. The first-order chi connectivity index (χ1) is 10.8. The minimum Gasteiger partial charge on any atom is -0.350 e. The van der Waals surface area contributed by atoms with Crippen molar-refractivity contribution in [1.29, 1.82) is 0 Å². The van der Waals surface area contributed by atoms with Crippen LogP contribution in [0.4, 0.5) is 21.5 Å². The molecule has 0 atom stereocenters. The average molecular weight is 317 g/mol. The molecule has 11 heteroatoms. The highest BCUT2D eigenvalue weighted by atomic mass is 16.2. The molecule has 23 heavy (non-hydrogen) atoms. The highest BCUT2D eigenvalue weighted by molar-refractivity contribution is 5.89. The topological polar surface area (TPSA) is 183 Å². The van der Waals surface area contributed by atoms with Crippen molar-refractivity contribution < 1.29 is 9.59 Å². The lowest BCUT2D eigenvalue weighted by Crippen LogP contribution is -2.45. The summed E-state index contributed by atoms with van der Waals surface area (Å²) in [5, 5.41) is 0.995. The van der Waals surface area contributed by atoms with E-state index in [1.54, 1.807) is 12.1 Å². The van der Waals surface area contributed by atoms with E-state index in [1.807, 2.05) is 19.1 Å². The van der Waals surface area contributed by atoms with E-state index >= 15 is 0 Å². The average Bonchev–Trinajstić information content (AvgIpc) is 2.53. The van der Waals surface area contributed by atoms with Gasteiger partial charge in [0, 0.05) is 5.56 Å². The second-order valence-corrected chi connectivity index (χ2v) is 4.54. The fourth-order valence-corrected chi connectivity index (χ4v) is 1.60. The molecule has 0 saturated carbocycles. The van der Waals surface area contributed by atoms with Gasteiger partial charge >= 0.3 is 12.1 Å². The van der Waals surface area contributed by atoms with Crippen LogP contribution in [0, 0.1) is 6.92 Å². The Kier molecular flexibility index (Phi) is 4.34. The first-order valence-electron chi connectivity index (χ1n) is 6.31. The normalized spacial score (nSPS) is 10.2. The van der Waals surface area contributed by atoms with E-state index in [4.69, 9.17) is 23.2 Å². The third-order valence-corrected chi connectivity index (χ3v) is 2.83. The fraction of sp³-hybridized carbons (Fsp3) is 0.0833. The van der Waals surface area contributed by atoms with Gasteiger partial charge < -0.3 is 11.5 Å². The van der Waals surface area contributed by atoms with Gasteiger partial charge in [0.25, 0.3) is 11.9 Å². The Morgan fingerprint density at radius 3 is 1.70 bits per heavy atom. The van der Waals surface area contributed by atoms with Crippen LogP contribution in [0.15, 0.2) is 24.3 Å². The molecule has 0 aliphatic heterocycles. The molecule has 0 bridgehead atoms. The number of rotatable bonds is 3. The summed E-state index contributed by atoms with van der Waals surface area (Å²) in [5.41, 5.74) is 11.8. The fourth-order valence-electron chi connectivity index (χ4n) is 1.60. The number of aryl methyl sites for hydroxylation is 1. The predicted molar refractivity (Wildman–Crippen MR) is 82.5 cm³/mol. The van der Waals surface area contributed by atoms with E-state index in [0.717, 1.165) is 5.56 Å². The summed E-state index contributed by atoms with van der Waals surface area (Å²) >= 11 is 0. The minimum atomic E-state index is -1.00. The van der Waals surface area contributed by atoms with Crippen molar-refractivity contribution in [1.82, 2.24) is 15.0 Å². The molecule has 11 nitrogen and oxygen atoms in total. The monoisotopic (exact) mass is 317 g/mol. The molecule has 2 aromatic rings. The molecule has 1 aromatic carbocycles. The molecular formula is C12H15N9O2. The van der Waals surface area contributed by atoms with Crippen LogP contribution >= 0.6 is 0 Å². The lowest BCUT2D eigenvalue weighted by Gasteiger charge is -2.16. The largest absolute Gasteiger partial charge is 0.350 e. The summed E-state index contributed by atoms with van der Waals surface area (Å²) in [7, 11) is 0. The Labute approximate surface area is 130 Å². The number of amides is 4. The van der Waals surface area contributed by atoms with Crippen LogP contribution in [0.2, 0.25) is 0 Å². The number of benzene rings is 1. The number of nitrogens with zero attached hydrogens (tertiary/aromatic N) is 5. The minimum absolute atomic E-state index is 0.137. The molecule has 0 unspecified atom stereocenters. The molecule has 2 rings (SSSR count). The molecule has 0 aliphatic rings. The van der Waals surface area contributed by atoms with Gasteiger partial charge in [-0.05, 0) is 6.92 Å². The first-order valence-corrected chi connectivity index (χ1v) is 6.31. The summed E-state index contributed by atoms with van der Waals surface area (Å²) in [6.07, 6.45) is 0. The summed E-state index contributed by atoms with van der Waals surface area (Å²) < 4.78 is 0. The molecule has 0 fully saturated rings. The number of hydrogen-bond donors (Lipinski definition) is 4. The van der Waals surface area contributed by atoms with E-state index in [1.165, 1.54) is 0 Å². The number of carbonyl (C=O) groups excluding carboxylic acids is 2. The molecule has 0 spiro atoms. The lowest BCUT2D eigenvalue weighted by molar-refractivity contribution is 0.253. The van der Waals surface area contributed by atoms with Crippen molar-refractivity contribution in [3.05, 3.63) is 29.8 Å². The first kappa shape index (κ1) is 16.1. The van der Waals surface area contributed by atoms with Crippen molar-refractivity contribution in [2.75, 3.05) is 10.0 Å². The van der Waals surface area contributed by atoms with Gasteiger partial charge in [-0.25, -0.2) is 21.3 Å². The highest BCUT2D eigenvalue weighted by Crippen LogP contribution is 2.20. The number of aromatic nitrogens is 3. The van der Waals surface area contributed by atoms with E-state index in [-0.39, 0.29) is 17.7 Å². The highest BCUT2D eigenvalue weighted by Gasteiger charge is 2.19. The van der Waals surface area contributed by atoms with E-state index in [9.17, 15) is 9.59 Å². The van der Waals surface area contributed by atoms with E-state index < -0.39 is 12.1 Å². The van der Waals surface area contributed by atoms with Gasteiger partial charge in [0.15, 0.2) is 5.82 Å². The Morgan fingerprint density at radius 2 is 1.30 bits per heavy atom. The summed E-state index contributed by atoms with van der Waals surface area (Å²) in [5.74, 6) is 10.5. The molecule has 120 valence electrons. The number of urea groups is 2. The Bertz CT molecular complexity index is 708. The summed E-state index contributed by atoms with van der Waals surface area (Å²) in [6, 6.07) is 5.16. The zero-order valence-electron chi connectivity index (χ0n) is 12.2. The van der Waals surface area contributed by atoms with Crippen molar-refractivity contribution in [2.45, 2.75) is 6.92 Å². The maximum atomic E-state index is 11.2. The van der Waals surface area contributed by atoms with Gasteiger partial charge in [0.2, 0.25) is 0 Å². The molecule has 1 heterocycles. The smallest absolute Gasteiger partial charge is 0.336 e. The van der Waals surface area contributed by atoms with Gasteiger partial charge in [-0.3, -0.25) is 0 Å². The number of nitrogens with two attached hydrogens (primary N) is 4. The number of hydrazine groups is 2. The van der Waals surface area contributed by atoms with Crippen molar-refractivity contribution >= 4 is 24.0 Å². The van der Waals surface area contributed by atoms with Gasteiger partial charge in [-0.2, -0.15) is 25.0 Å². The van der Waals surface area contributed by atoms with Crippen LogP contribution in [-0.2, 0) is 0 Å². The van der Waals surface area contributed by atoms with Gasteiger partial charge in [0.05, 0.1) is 0 Å². The summed E-state index contributed by atoms with van der Waals surface area (Å²) in [6.45, 7) is 1.91. The standard InChI is InChI=1S/C12H15N9O2/c1-6-2-4-7(5-3-6)8-17-11(20(15)9(13)22)19-12(18-8)21(16)10(14)23/h2-5H,15-16H2,1H3,(H2,13,22)(H2,14,23). The number of anilines is 2. The molecule has 1 aromatic heterocycles. The van der Waals surface area contributed by atoms with Crippen molar-refractivity contribution in [2.24, 2.45) is 23.2 Å². The van der Waals surface area contributed by atoms with Crippen LogP contribution in [0.3, 0.4) is 0 Å². The molecule has 0 radical (unpaired) electrons. The molecule has 8 N–H and O–H groups in total. The van der Waals surface area contributed by atoms with Gasteiger partial charge in [-0.15, -0.1) is 0 Å². The third-order valence-electron chi connectivity index (χ3n) is 2.83. The number of hydrogen-bond acceptors (Lipinski definition) is 7. The lowest BCUT2D eigenvalue weighted by atomic mass is 10.1. The van der Waals surface area contributed by atoms with Gasteiger partial charge in [-0.1, -0.05) is 29.8 Å². The van der Waals surface area contributed by atoms with Crippen LogP contribution in [0.5, 0.6) is 0 Å². The number of carbonyl (C=O) groups is 2. The zero-order chi connectivity index (χ0) is 17.1. The predicted octanol–water partition coefficient (Wildman–Crippen LogP) is -0.635. The van der Waals surface area contributed by atoms with Crippen LogP contribution in [0.1, 0.15) is 5.56 Å². The van der Waals surface area contributed by atoms with Crippen LogP contribution in [-0.4, -0.2) is 27.0 Å². The molecular weight excluding hydrogens is 302 g/mol.